The number of benzene rings is 1. The third kappa shape index (κ3) is 3.87. The van der Waals surface area contributed by atoms with Gasteiger partial charge in [0.1, 0.15) is 12.4 Å². The third-order valence-electron chi connectivity index (χ3n) is 4.02. The van der Waals surface area contributed by atoms with Gasteiger partial charge in [0.05, 0.1) is 0 Å². The lowest BCUT2D eigenvalue weighted by Gasteiger charge is -2.34. The second-order valence-corrected chi connectivity index (χ2v) is 5.72. The highest BCUT2D eigenvalue weighted by Gasteiger charge is 2.23. The fourth-order valence-corrected chi connectivity index (χ4v) is 2.65. The first-order valence-corrected chi connectivity index (χ1v) is 7.87. The Labute approximate surface area is 136 Å². The molecule has 3 rings (SSSR count). The standard InChI is InChI=1S/C18H21N3O2/c1-14-12-20-10-11-21(14)18(22)16-2-4-17(5-3-16)23-13-15-6-8-19-9-7-15/h2-9,14,20H,10-13H2,1H3/t14-/m1/s1. The second-order valence-electron chi connectivity index (χ2n) is 5.72. The number of aromatic nitrogens is 1. The molecule has 1 saturated heterocycles. The zero-order chi connectivity index (χ0) is 16.1. The molecule has 2 aromatic rings. The monoisotopic (exact) mass is 311 g/mol. The topological polar surface area (TPSA) is 54.5 Å². The maximum absolute atomic E-state index is 12.6. The summed E-state index contributed by atoms with van der Waals surface area (Å²) in [4.78, 5) is 18.5. The normalized spacial score (nSPS) is 17.8. The van der Waals surface area contributed by atoms with Crippen molar-refractivity contribution in [2.75, 3.05) is 19.6 Å². The quantitative estimate of drug-likeness (QED) is 0.939. The molecule has 2 heterocycles. The average Bonchev–Trinajstić information content (AvgIpc) is 2.61. The van der Waals surface area contributed by atoms with E-state index in [0.717, 1.165) is 30.9 Å². The van der Waals surface area contributed by atoms with E-state index in [2.05, 4.69) is 17.2 Å². The molecule has 1 fully saturated rings. The number of hydrogen-bond acceptors (Lipinski definition) is 4. The van der Waals surface area contributed by atoms with Gasteiger partial charge in [0.2, 0.25) is 0 Å². The molecule has 1 aliphatic heterocycles. The summed E-state index contributed by atoms with van der Waals surface area (Å²) >= 11 is 0. The minimum absolute atomic E-state index is 0.0830. The van der Waals surface area contributed by atoms with Gasteiger partial charge < -0.3 is 15.0 Å². The first-order chi connectivity index (χ1) is 11.2. The molecule has 120 valence electrons. The molecule has 1 N–H and O–H groups in total. The Morgan fingerprint density at radius 1 is 1.26 bits per heavy atom. The van der Waals surface area contributed by atoms with E-state index >= 15 is 0 Å². The molecule has 1 aromatic heterocycles. The van der Waals surface area contributed by atoms with Crippen LogP contribution in [0.15, 0.2) is 48.8 Å². The summed E-state index contributed by atoms with van der Waals surface area (Å²) in [6, 6.07) is 11.4. The molecule has 5 nitrogen and oxygen atoms in total. The Bertz CT molecular complexity index is 643. The van der Waals surface area contributed by atoms with Crippen molar-refractivity contribution in [2.24, 2.45) is 0 Å². The Morgan fingerprint density at radius 3 is 2.70 bits per heavy atom. The Morgan fingerprint density at radius 2 is 2.00 bits per heavy atom. The van der Waals surface area contributed by atoms with Gasteiger partial charge in [-0.3, -0.25) is 9.78 Å². The number of carbonyl (C=O) groups excluding carboxylic acids is 1. The lowest BCUT2D eigenvalue weighted by atomic mass is 10.1. The molecular weight excluding hydrogens is 290 g/mol. The van der Waals surface area contributed by atoms with Crippen LogP contribution in [0.1, 0.15) is 22.8 Å². The summed E-state index contributed by atoms with van der Waals surface area (Å²) in [6.45, 7) is 5.00. The number of ether oxygens (including phenoxy) is 1. The van der Waals surface area contributed by atoms with Crippen molar-refractivity contribution in [1.82, 2.24) is 15.2 Å². The number of rotatable bonds is 4. The zero-order valence-corrected chi connectivity index (χ0v) is 13.2. The predicted molar refractivity (Wildman–Crippen MR) is 88.4 cm³/mol. The highest BCUT2D eigenvalue weighted by atomic mass is 16.5. The summed E-state index contributed by atoms with van der Waals surface area (Å²) in [5.74, 6) is 0.839. The van der Waals surface area contributed by atoms with Crippen LogP contribution in [0.3, 0.4) is 0 Å². The lowest BCUT2D eigenvalue weighted by molar-refractivity contribution is 0.0655. The van der Waals surface area contributed by atoms with Gasteiger partial charge in [0, 0.05) is 43.6 Å². The molecule has 23 heavy (non-hydrogen) atoms. The minimum Gasteiger partial charge on any atom is -0.489 e. The van der Waals surface area contributed by atoms with Gasteiger partial charge in [-0.25, -0.2) is 0 Å². The highest BCUT2D eigenvalue weighted by Crippen LogP contribution is 2.16. The van der Waals surface area contributed by atoms with E-state index in [9.17, 15) is 4.79 Å². The number of piperazine rings is 1. The molecule has 5 heteroatoms. The number of carbonyl (C=O) groups is 1. The lowest BCUT2D eigenvalue weighted by Crippen LogP contribution is -2.52. The van der Waals surface area contributed by atoms with Gasteiger partial charge in [-0.15, -0.1) is 0 Å². The summed E-state index contributed by atoms with van der Waals surface area (Å²) in [6.07, 6.45) is 3.49. The van der Waals surface area contributed by atoms with E-state index in [-0.39, 0.29) is 11.9 Å². The number of nitrogens with one attached hydrogen (secondary N) is 1. The molecule has 0 saturated carbocycles. The maximum atomic E-state index is 12.6. The zero-order valence-electron chi connectivity index (χ0n) is 13.2. The van der Waals surface area contributed by atoms with Gasteiger partial charge in [-0.2, -0.15) is 0 Å². The van der Waals surface area contributed by atoms with E-state index in [1.165, 1.54) is 0 Å². The van der Waals surface area contributed by atoms with Crippen LogP contribution in [0.4, 0.5) is 0 Å². The van der Waals surface area contributed by atoms with Gasteiger partial charge in [0.25, 0.3) is 5.91 Å². The Hall–Kier alpha value is -2.40. The van der Waals surface area contributed by atoms with E-state index in [1.54, 1.807) is 12.4 Å². The molecule has 1 atom stereocenters. The van der Waals surface area contributed by atoms with Crippen LogP contribution in [0.25, 0.3) is 0 Å². The third-order valence-corrected chi connectivity index (χ3v) is 4.02. The smallest absolute Gasteiger partial charge is 0.254 e. The fourth-order valence-electron chi connectivity index (χ4n) is 2.65. The van der Waals surface area contributed by atoms with Crippen LogP contribution in [-0.4, -0.2) is 41.5 Å². The van der Waals surface area contributed by atoms with Crippen molar-refractivity contribution in [2.45, 2.75) is 19.6 Å². The molecule has 0 aliphatic carbocycles. The SMILES string of the molecule is C[C@@H]1CNCCN1C(=O)c1ccc(OCc2ccncc2)cc1. The van der Waals surface area contributed by atoms with Gasteiger partial charge >= 0.3 is 0 Å². The van der Waals surface area contributed by atoms with Crippen LogP contribution in [0.5, 0.6) is 5.75 Å². The summed E-state index contributed by atoms with van der Waals surface area (Å²) < 4.78 is 5.73. The summed E-state index contributed by atoms with van der Waals surface area (Å²) in [5.41, 5.74) is 1.77. The molecule has 0 unspecified atom stereocenters. The van der Waals surface area contributed by atoms with E-state index < -0.39 is 0 Å². The Kier molecular flexibility index (Phi) is 4.88. The van der Waals surface area contributed by atoms with Crippen LogP contribution >= 0.6 is 0 Å². The molecular formula is C18H21N3O2. The number of amides is 1. The second kappa shape index (κ2) is 7.24. The summed E-state index contributed by atoms with van der Waals surface area (Å²) in [5, 5.41) is 3.29. The van der Waals surface area contributed by atoms with Crippen molar-refractivity contribution >= 4 is 5.91 Å². The van der Waals surface area contributed by atoms with Crippen molar-refractivity contribution in [1.29, 1.82) is 0 Å². The molecule has 0 bridgehead atoms. The van der Waals surface area contributed by atoms with Crippen LogP contribution in [0.2, 0.25) is 0 Å². The van der Waals surface area contributed by atoms with Crippen molar-refractivity contribution in [3.05, 3.63) is 59.9 Å². The van der Waals surface area contributed by atoms with Gasteiger partial charge in [0.15, 0.2) is 0 Å². The van der Waals surface area contributed by atoms with Crippen molar-refractivity contribution < 1.29 is 9.53 Å². The molecule has 0 radical (unpaired) electrons. The Balaban J connectivity index is 1.61. The van der Waals surface area contributed by atoms with E-state index in [4.69, 9.17) is 4.74 Å². The van der Waals surface area contributed by atoms with Crippen molar-refractivity contribution in [3.63, 3.8) is 0 Å². The maximum Gasteiger partial charge on any atom is 0.254 e. The van der Waals surface area contributed by atoms with Crippen LogP contribution in [0, 0.1) is 0 Å². The number of pyridine rings is 1. The first kappa shape index (κ1) is 15.5. The van der Waals surface area contributed by atoms with Crippen LogP contribution < -0.4 is 10.1 Å². The molecule has 1 aliphatic rings. The minimum atomic E-state index is 0.0830. The van der Waals surface area contributed by atoms with E-state index in [1.807, 2.05) is 41.3 Å². The number of nitrogens with zero attached hydrogens (tertiary/aromatic N) is 2. The number of hydrogen-bond donors (Lipinski definition) is 1. The largest absolute Gasteiger partial charge is 0.489 e. The summed E-state index contributed by atoms with van der Waals surface area (Å²) in [7, 11) is 0. The predicted octanol–water partition coefficient (Wildman–Crippen LogP) is 2.09. The molecule has 0 spiro atoms. The van der Waals surface area contributed by atoms with Crippen molar-refractivity contribution in [3.8, 4) is 5.75 Å². The van der Waals surface area contributed by atoms with Crippen LogP contribution in [-0.2, 0) is 6.61 Å². The average molecular weight is 311 g/mol. The first-order valence-electron chi connectivity index (χ1n) is 7.87. The molecule has 1 aromatic carbocycles. The molecule has 1 amide bonds. The van der Waals surface area contributed by atoms with Gasteiger partial charge in [-0.05, 0) is 48.9 Å². The van der Waals surface area contributed by atoms with Gasteiger partial charge in [-0.1, -0.05) is 0 Å². The van der Waals surface area contributed by atoms with E-state index in [0.29, 0.717) is 12.2 Å². The fraction of sp³-hybridized carbons (Fsp3) is 0.333. The highest BCUT2D eigenvalue weighted by molar-refractivity contribution is 5.94.